The van der Waals surface area contributed by atoms with Gasteiger partial charge < -0.3 is 4.90 Å². The molecule has 0 radical (unpaired) electrons. The number of piperidine rings is 1. The summed E-state index contributed by atoms with van der Waals surface area (Å²) >= 11 is 0. The van der Waals surface area contributed by atoms with E-state index >= 15 is 4.39 Å². The summed E-state index contributed by atoms with van der Waals surface area (Å²) in [5, 5.41) is 9.61. The first-order valence-corrected chi connectivity index (χ1v) is 11.6. The topological polar surface area (TPSA) is 90.4 Å². The maximum absolute atomic E-state index is 15.5. The van der Waals surface area contributed by atoms with Crippen LogP contribution in [0.1, 0.15) is 77.6 Å². The Kier molecular flexibility index (Phi) is 6.48. The lowest BCUT2D eigenvalue weighted by Gasteiger charge is -2.38. The van der Waals surface area contributed by atoms with Crippen molar-refractivity contribution < 1.29 is 14.0 Å². The molecule has 172 valence electrons. The first-order chi connectivity index (χ1) is 15.9. The van der Waals surface area contributed by atoms with Gasteiger partial charge in [0.15, 0.2) is 0 Å². The van der Waals surface area contributed by atoms with Crippen LogP contribution in [0.5, 0.6) is 0 Å². The molecule has 2 aliphatic rings. The smallest absolute Gasteiger partial charge is 0.323 e. The molecule has 6 nitrogen and oxygen atoms in total. The molecular formula is C26H29FN4O2. The average molecular weight is 449 g/mol. The maximum Gasteiger partial charge on any atom is 0.341 e. The van der Waals surface area contributed by atoms with Crippen LogP contribution in [0.3, 0.4) is 0 Å². The van der Waals surface area contributed by atoms with Gasteiger partial charge >= 0.3 is 6.03 Å². The lowest BCUT2D eigenvalue weighted by molar-refractivity contribution is 0.0535. The summed E-state index contributed by atoms with van der Waals surface area (Å²) in [6.07, 6.45) is 4.28. The van der Waals surface area contributed by atoms with E-state index in [0.717, 1.165) is 36.8 Å². The molecule has 2 aromatic carbocycles. The fourth-order valence-electron chi connectivity index (χ4n) is 4.64. The maximum atomic E-state index is 15.5. The van der Waals surface area contributed by atoms with Crippen molar-refractivity contribution in [3.05, 3.63) is 70.3 Å². The Balaban J connectivity index is 1.45. The number of carbonyl (C=O) groups excluding carboxylic acids is 2. The molecule has 1 aliphatic heterocycles. The molecule has 0 aromatic heterocycles. The summed E-state index contributed by atoms with van der Waals surface area (Å²) < 4.78 is 15.5. The summed E-state index contributed by atoms with van der Waals surface area (Å²) in [5.74, 6) is 5.81. The summed E-state index contributed by atoms with van der Waals surface area (Å²) in [6.45, 7) is 2.38. The lowest BCUT2D eigenvalue weighted by Crippen LogP contribution is -2.53. The zero-order chi connectivity index (χ0) is 23.6. The fourth-order valence-corrected chi connectivity index (χ4v) is 4.64. The molecule has 7 heteroatoms. The standard InChI is InChI=1S/C26H29FN4O2/c1-2-18-8-11-22(23(16-18)20-4-3-5-20)24(32)31(29)25(33)30-14-12-26(27,13-15-30)21-9-6-19(17-28)7-10-21/h6-11,16,20H,2-5,12-15,29H2,1H3. The molecule has 1 saturated carbocycles. The van der Waals surface area contributed by atoms with Crippen molar-refractivity contribution in [3.8, 4) is 6.07 Å². The van der Waals surface area contributed by atoms with Crippen molar-refractivity contribution in [2.24, 2.45) is 5.84 Å². The van der Waals surface area contributed by atoms with E-state index in [4.69, 9.17) is 11.1 Å². The zero-order valence-corrected chi connectivity index (χ0v) is 18.9. The van der Waals surface area contributed by atoms with E-state index in [1.54, 1.807) is 30.3 Å². The summed E-state index contributed by atoms with van der Waals surface area (Å²) in [5.41, 5.74) is 1.98. The van der Waals surface area contributed by atoms with E-state index in [1.165, 1.54) is 4.90 Å². The van der Waals surface area contributed by atoms with Crippen LogP contribution < -0.4 is 5.84 Å². The molecule has 4 rings (SSSR count). The minimum Gasteiger partial charge on any atom is -0.323 e. The molecule has 33 heavy (non-hydrogen) atoms. The number of benzene rings is 2. The Hall–Kier alpha value is -3.24. The van der Waals surface area contributed by atoms with Gasteiger partial charge in [0, 0.05) is 31.5 Å². The molecule has 2 N–H and O–H groups in total. The number of rotatable bonds is 4. The van der Waals surface area contributed by atoms with E-state index in [1.807, 2.05) is 12.1 Å². The first-order valence-electron chi connectivity index (χ1n) is 11.6. The molecule has 0 unspecified atom stereocenters. The fraction of sp³-hybridized carbons (Fsp3) is 0.423. The number of urea groups is 1. The third kappa shape index (κ3) is 4.49. The second kappa shape index (κ2) is 9.32. The van der Waals surface area contributed by atoms with Crippen LogP contribution in [-0.4, -0.2) is 34.9 Å². The van der Waals surface area contributed by atoms with Crippen molar-refractivity contribution in [2.75, 3.05) is 13.1 Å². The van der Waals surface area contributed by atoms with Crippen LogP contribution in [-0.2, 0) is 12.1 Å². The van der Waals surface area contributed by atoms with Crippen molar-refractivity contribution in [2.45, 2.75) is 57.0 Å². The SMILES string of the molecule is CCc1ccc(C(=O)N(N)C(=O)N2CCC(F)(c3ccc(C#N)cc3)CC2)c(C2CCC2)c1. The van der Waals surface area contributed by atoms with Gasteiger partial charge in [-0.3, -0.25) is 4.79 Å². The van der Waals surface area contributed by atoms with Crippen LogP contribution in [0.4, 0.5) is 9.18 Å². The number of likely N-dealkylation sites (tertiary alicyclic amines) is 1. The van der Waals surface area contributed by atoms with Crippen LogP contribution in [0.25, 0.3) is 0 Å². The highest BCUT2D eigenvalue weighted by molar-refractivity contribution is 6.04. The van der Waals surface area contributed by atoms with Crippen LogP contribution in [0.15, 0.2) is 42.5 Å². The minimum absolute atomic E-state index is 0.102. The van der Waals surface area contributed by atoms with Gasteiger partial charge in [0.1, 0.15) is 5.67 Å². The highest BCUT2D eigenvalue weighted by Gasteiger charge is 2.39. The van der Waals surface area contributed by atoms with Gasteiger partial charge in [0.2, 0.25) is 0 Å². The number of hydrogen-bond acceptors (Lipinski definition) is 4. The number of nitrogens with zero attached hydrogens (tertiary/aromatic N) is 3. The Morgan fingerprint density at radius 2 is 1.85 bits per heavy atom. The molecule has 0 spiro atoms. The van der Waals surface area contributed by atoms with E-state index in [2.05, 4.69) is 13.0 Å². The van der Waals surface area contributed by atoms with Crippen molar-refractivity contribution in [3.63, 3.8) is 0 Å². The number of halogens is 1. The van der Waals surface area contributed by atoms with Crippen molar-refractivity contribution >= 4 is 11.9 Å². The van der Waals surface area contributed by atoms with Gasteiger partial charge in [-0.25, -0.2) is 15.0 Å². The molecule has 2 fully saturated rings. The van der Waals surface area contributed by atoms with Gasteiger partial charge in [0.25, 0.3) is 5.91 Å². The van der Waals surface area contributed by atoms with Crippen molar-refractivity contribution in [1.82, 2.24) is 9.91 Å². The predicted molar refractivity (Wildman–Crippen MR) is 123 cm³/mol. The van der Waals surface area contributed by atoms with Crippen LogP contribution >= 0.6 is 0 Å². The highest BCUT2D eigenvalue weighted by atomic mass is 19.1. The number of nitriles is 1. The second-order valence-corrected chi connectivity index (χ2v) is 9.00. The number of hydrazine groups is 1. The summed E-state index contributed by atoms with van der Waals surface area (Å²) in [4.78, 5) is 27.6. The normalized spacial score (nSPS) is 17.7. The van der Waals surface area contributed by atoms with Gasteiger partial charge in [-0.15, -0.1) is 0 Å². The predicted octanol–water partition coefficient (Wildman–Crippen LogP) is 4.78. The van der Waals surface area contributed by atoms with Crippen LogP contribution in [0.2, 0.25) is 0 Å². The molecule has 3 amide bonds. The highest BCUT2D eigenvalue weighted by Crippen LogP contribution is 2.39. The summed E-state index contributed by atoms with van der Waals surface area (Å²) in [7, 11) is 0. The average Bonchev–Trinajstić information content (AvgIpc) is 2.82. The Bertz CT molecular complexity index is 1080. The largest absolute Gasteiger partial charge is 0.341 e. The van der Waals surface area contributed by atoms with Crippen LogP contribution in [0, 0.1) is 11.3 Å². The zero-order valence-electron chi connectivity index (χ0n) is 18.9. The lowest BCUT2D eigenvalue weighted by atomic mass is 9.77. The van der Waals surface area contributed by atoms with Crippen molar-refractivity contribution in [1.29, 1.82) is 5.26 Å². The molecule has 2 aromatic rings. The number of aryl methyl sites for hydroxylation is 1. The molecular weight excluding hydrogens is 419 g/mol. The Morgan fingerprint density at radius 1 is 1.18 bits per heavy atom. The number of carbonyl (C=O) groups is 2. The minimum atomic E-state index is -1.58. The molecule has 1 aliphatic carbocycles. The van der Waals surface area contributed by atoms with Gasteiger partial charge in [-0.1, -0.05) is 37.6 Å². The third-order valence-electron chi connectivity index (χ3n) is 7.08. The number of imide groups is 1. The third-order valence-corrected chi connectivity index (χ3v) is 7.08. The quantitative estimate of drug-likeness (QED) is 0.414. The Labute approximate surface area is 193 Å². The number of amides is 3. The van der Waals surface area contributed by atoms with E-state index < -0.39 is 17.6 Å². The first kappa shape index (κ1) is 22.9. The van der Waals surface area contributed by atoms with Gasteiger partial charge in [-0.05, 0) is 60.1 Å². The number of nitrogens with two attached hydrogens (primary N) is 1. The second-order valence-electron chi connectivity index (χ2n) is 9.00. The van der Waals surface area contributed by atoms with E-state index in [0.29, 0.717) is 27.6 Å². The molecule has 1 heterocycles. The van der Waals surface area contributed by atoms with E-state index in [-0.39, 0.29) is 25.9 Å². The number of alkyl halides is 1. The summed E-state index contributed by atoms with van der Waals surface area (Å²) in [6, 6.07) is 13.6. The van der Waals surface area contributed by atoms with E-state index in [9.17, 15) is 9.59 Å². The van der Waals surface area contributed by atoms with Gasteiger partial charge in [0.05, 0.1) is 11.6 Å². The Morgan fingerprint density at radius 3 is 2.39 bits per heavy atom. The van der Waals surface area contributed by atoms with Gasteiger partial charge in [-0.2, -0.15) is 10.3 Å². The molecule has 0 atom stereocenters. The molecule has 1 saturated heterocycles. The molecule has 0 bridgehead atoms. The monoisotopic (exact) mass is 448 g/mol. The number of hydrogen-bond donors (Lipinski definition) is 1.